The molecule has 7 nitrogen and oxygen atoms in total. The van der Waals surface area contributed by atoms with Gasteiger partial charge in [0, 0.05) is 5.69 Å². The van der Waals surface area contributed by atoms with Crippen LogP contribution in [0.25, 0.3) is 5.69 Å². The molecule has 118 valence electrons. The molecule has 1 unspecified atom stereocenters. The maximum Gasteiger partial charge on any atom is 0.226 e. The molecular formula is C16H18N6O. The minimum atomic E-state index is -0.222. The fraction of sp³-hybridized carbons (Fsp3) is 0.250. The second-order valence-corrected chi connectivity index (χ2v) is 5.43. The van der Waals surface area contributed by atoms with Gasteiger partial charge in [-0.3, -0.25) is 9.89 Å². The van der Waals surface area contributed by atoms with Crippen LogP contribution in [0.3, 0.4) is 0 Å². The van der Waals surface area contributed by atoms with Gasteiger partial charge < -0.3 is 5.32 Å². The van der Waals surface area contributed by atoms with E-state index in [1.165, 1.54) is 0 Å². The minimum absolute atomic E-state index is 0.0988. The van der Waals surface area contributed by atoms with E-state index in [-0.39, 0.29) is 18.4 Å². The highest BCUT2D eigenvalue weighted by Crippen LogP contribution is 2.12. The molecule has 2 heterocycles. The molecule has 0 fully saturated rings. The Labute approximate surface area is 133 Å². The molecule has 2 N–H and O–H groups in total. The van der Waals surface area contributed by atoms with Crippen LogP contribution in [0.5, 0.6) is 0 Å². The van der Waals surface area contributed by atoms with Crippen molar-refractivity contribution in [1.82, 2.24) is 30.5 Å². The Balaban J connectivity index is 1.63. The van der Waals surface area contributed by atoms with E-state index < -0.39 is 0 Å². The van der Waals surface area contributed by atoms with Gasteiger partial charge in [-0.25, -0.2) is 4.68 Å². The molecule has 2 aromatic heterocycles. The van der Waals surface area contributed by atoms with Crippen LogP contribution >= 0.6 is 0 Å². The van der Waals surface area contributed by atoms with Gasteiger partial charge in [0.2, 0.25) is 5.91 Å². The first-order valence-corrected chi connectivity index (χ1v) is 7.40. The molecule has 0 saturated heterocycles. The van der Waals surface area contributed by atoms with Crippen LogP contribution in [0.4, 0.5) is 0 Å². The fourth-order valence-electron chi connectivity index (χ4n) is 2.28. The molecular weight excluding hydrogens is 292 g/mol. The first-order chi connectivity index (χ1) is 11.1. The van der Waals surface area contributed by atoms with E-state index in [0.717, 1.165) is 17.1 Å². The van der Waals surface area contributed by atoms with Crippen LogP contribution < -0.4 is 5.32 Å². The van der Waals surface area contributed by atoms with Gasteiger partial charge >= 0.3 is 0 Å². The van der Waals surface area contributed by atoms with Crippen molar-refractivity contribution in [2.45, 2.75) is 26.3 Å². The summed E-state index contributed by atoms with van der Waals surface area (Å²) >= 11 is 0. The summed E-state index contributed by atoms with van der Waals surface area (Å²) in [7, 11) is 0. The minimum Gasteiger partial charge on any atom is -0.348 e. The molecule has 23 heavy (non-hydrogen) atoms. The number of para-hydroxylation sites is 1. The maximum atomic E-state index is 12.1. The lowest BCUT2D eigenvalue weighted by Gasteiger charge is -2.10. The number of aromatic amines is 1. The average molecular weight is 310 g/mol. The number of hydrogen-bond donors (Lipinski definition) is 2. The number of amides is 1. The van der Waals surface area contributed by atoms with Crippen molar-refractivity contribution in [2.75, 3.05) is 0 Å². The van der Waals surface area contributed by atoms with Crippen molar-refractivity contribution in [3.8, 4) is 5.69 Å². The first kappa shape index (κ1) is 15.0. The molecule has 0 bridgehead atoms. The predicted molar refractivity (Wildman–Crippen MR) is 84.9 cm³/mol. The Bertz CT molecular complexity index is 792. The van der Waals surface area contributed by atoms with Crippen molar-refractivity contribution in [1.29, 1.82) is 0 Å². The second kappa shape index (κ2) is 6.43. The Morgan fingerprint density at radius 3 is 2.83 bits per heavy atom. The van der Waals surface area contributed by atoms with Gasteiger partial charge in [0.15, 0.2) is 0 Å². The van der Waals surface area contributed by atoms with Gasteiger partial charge in [0.05, 0.1) is 30.0 Å². The number of carbonyl (C=O) groups excluding carboxylic acids is 1. The SMILES string of the molecule is Cc1cc(CC(=O)NC(C)c2cn(-c3ccccc3)nn2)n[nH]1. The highest BCUT2D eigenvalue weighted by atomic mass is 16.1. The molecule has 7 heteroatoms. The summed E-state index contributed by atoms with van der Waals surface area (Å²) in [6.07, 6.45) is 2.06. The maximum absolute atomic E-state index is 12.1. The van der Waals surface area contributed by atoms with Crippen LogP contribution in [0.1, 0.15) is 30.0 Å². The van der Waals surface area contributed by atoms with Gasteiger partial charge in [0.25, 0.3) is 0 Å². The summed E-state index contributed by atoms with van der Waals surface area (Å²) in [5, 5.41) is 18.0. The summed E-state index contributed by atoms with van der Waals surface area (Å²) in [5.41, 5.74) is 3.30. The number of nitrogens with one attached hydrogen (secondary N) is 2. The smallest absolute Gasteiger partial charge is 0.226 e. The third kappa shape index (κ3) is 3.63. The lowest BCUT2D eigenvalue weighted by molar-refractivity contribution is -0.121. The summed E-state index contributed by atoms with van der Waals surface area (Å²) in [4.78, 5) is 12.1. The number of carbonyl (C=O) groups is 1. The Kier molecular flexibility index (Phi) is 4.18. The number of nitrogens with zero attached hydrogens (tertiary/aromatic N) is 4. The zero-order valence-corrected chi connectivity index (χ0v) is 13.0. The standard InChI is InChI=1S/C16H18N6O/c1-11-8-13(19-18-11)9-16(23)17-12(2)15-10-22(21-20-15)14-6-4-3-5-7-14/h3-8,10,12H,9H2,1-2H3,(H,17,23)(H,18,19). The topological polar surface area (TPSA) is 88.5 Å². The monoisotopic (exact) mass is 310 g/mol. The van der Waals surface area contributed by atoms with Gasteiger partial charge in [0.1, 0.15) is 5.69 Å². The zero-order valence-electron chi connectivity index (χ0n) is 13.0. The van der Waals surface area contributed by atoms with E-state index in [1.54, 1.807) is 4.68 Å². The molecule has 0 aliphatic carbocycles. The molecule has 0 aliphatic heterocycles. The van der Waals surface area contributed by atoms with Crippen molar-refractivity contribution in [3.05, 3.63) is 59.7 Å². The fourth-order valence-corrected chi connectivity index (χ4v) is 2.28. The molecule has 1 amide bonds. The van der Waals surface area contributed by atoms with E-state index in [4.69, 9.17) is 0 Å². The van der Waals surface area contributed by atoms with E-state index in [9.17, 15) is 4.79 Å². The Morgan fingerprint density at radius 1 is 1.35 bits per heavy atom. The van der Waals surface area contributed by atoms with Crippen molar-refractivity contribution < 1.29 is 4.79 Å². The van der Waals surface area contributed by atoms with Crippen molar-refractivity contribution >= 4 is 5.91 Å². The first-order valence-electron chi connectivity index (χ1n) is 7.40. The second-order valence-electron chi connectivity index (χ2n) is 5.43. The van der Waals surface area contributed by atoms with E-state index in [0.29, 0.717) is 5.69 Å². The Morgan fingerprint density at radius 2 is 2.13 bits per heavy atom. The number of rotatable bonds is 5. The average Bonchev–Trinajstić information content (AvgIpc) is 3.17. The van der Waals surface area contributed by atoms with Gasteiger partial charge in [-0.05, 0) is 32.0 Å². The molecule has 3 aromatic rings. The van der Waals surface area contributed by atoms with Crippen LogP contribution in [-0.4, -0.2) is 31.1 Å². The summed E-state index contributed by atoms with van der Waals surface area (Å²) in [5.74, 6) is -0.0988. The molecule has 3 rings (SSSR count). The van der Waals surface area contributed by atoms with Crippen molar-refractivity contribution in [3.63, 3.8) is 0 Å². The predicted octanol–water partition coefficient (Wildman–Crippen LogP) is 1.72. The molecule has 0 radical (unpaired) electrons. The molecule has 0 spiro atoms. The quantitative estimate of drug-likeness (QED) is 0.751. The third-order valence-electron chi connectivity index (χ3n) is 3.45. The van der Waals surface area contributed by atoms with Crippen LogP contribution in [-0.2, 0) is 11.2 Å². The molecule has 1 atom stereocenters. The zero-order chi connectivity index (χ0) is 16.2. The molecule has 1 aromatic carbocycles. The number of H-pyrrole nitrogens is 1. The normalized spacial score (nSPS) is 12.1. The summed E-state index contributed by atoms with van der Waals surface area (Å²) in [6.45, 7) is 3.78. The highest BCUT2D eigenvalue weighted by molar-refractivity contribution is 5.78. The molecule has 0 aliphatic rings. The van der Waals surface area contributed by atoms with Gasteiger partial charge in [-0.1, -0.05) is 23.4 Å². The number of aromatic nitrogens is 5. The summed E-state index contributed by atoms with van der Waals surface area (Å²) < 4.78 is 1.69. The van der Waals surface area contributed by atoms with E-state index >= 15 is 0 Å². The van der Waals surface area contributed by atoms with E-state index in [1.807, 2.05) is 56.4 Å². The highest BCUT2D eigenvalue weighted by Gasteiger charge is 2.14. The van der Waals surface area contributed by atoms with Crippen LogP contribution in [0.15, 0.2) is 42.6 Å². The van der Waals surface area contributed by atoms with Crippen LogP contribution in [0.2, 0.25) is 0 Å². The Hall–Kier alpha value is -2.96. The molecule has 0 saturated carbocycles. The van der Waals surface area contributed by atoms with E-state index in [2.05, 4.69) is 25.8 Å². The number of aryl methyl sites for hydroxylation is 1. The largest absolute Gasteiger partial charge is 0.348 e. The lowest BCUT2D eigenvalue weighted by Crippen LogP contribution is -2.28. The van der Waals surface area contributed by atoms with Gasteiger partial charge in [-0.2, -0.15) is 5.10 Å². The third-order valence-corrected chi connectivity index (χ3v) is 3.45. The van der Waals surface area contributed by atoms with Gasteiger partial charge in [-0.15, -0.1) is 5.10 Å². The van der Waals surface area contributed by atoms with Crippen molar-refractivity contribution in [2.24, 2.45) is 0 Å². The lowest BCUT2D eigenvalue weighted by atomic mass is 10.2. The number of hydrogen-bond acceptors (Lipinski definition) is 4. The number of benzene rings is 1. The summed E-state index contributed by atoms with van der Waals surface area (Å²) in [6, 6.07) is 11.3. The van der Waals surface area contributed by atoms with Crippen LogP contribution in [0, 0.1) is 6.92 Å².